The van der Waals surface area contributed by atoms with Gasteiger partial charge in [0.25, 0.3) is 0 Å². The summed E-state index contributed by atoms with van der Waals surface area (Å²) in [6, 6.07) is 4.28. The highest BCUT2D eigenvalue weighted by atomic mass is 16.4. The summed E-state index contributed by atoms with van der Waals surface area (Å²) in [4.78, 5) is 14.1. The molecule has 0 saturated carbocycles. The summed E-state index contributed by atoms with van der Waals surface area (Å²) < 4.78 is 6.15. The minimum absolute atomic E-state index is 0.387. The molecule has 4 heterocycles. The summed E-state index contributed by atoms with van der Waals surface area (Å²) in [5.41, 5.74) is 2.49. The largest absolute Gasteiger partial charge is 0.444 e. The van der Waals surface area contributed by atoms with Crippen molar-refractivity contribution in [2.24, 2.45) is 5.92 Å². The molecule has 5 heteroatoms. The Morgan fingerprint density at radius 3 is 2.77 bits per heavy atom. The molecule has 0 unspecified atom stereocenters. The quantitative estimate of drug-likeness (QED) is 0.831. The maximum absolute atomic E-state index is 6.15. The molecule has 0 radical (unpaired) electrons. The van der Waals surface area contributed by atoms with E-state index >= 15 is 0 Å². The van der Waals surface area contributed by atoms with Crippen LogP contribution in [0.15, 0.2) is 22.7 Å². The Morgan fingerprint density at radius 2 is 2.00 bits per heavy atom. The molecule has 0 aliphatic carbocycles. The van der Waals surface area contributed by atoms with Crippen LogP contribution in [0.25, 0.3) is 0 Å². The summed E-state index contributed by atoms with van der Waals surface area (Å²) in [5, 5.41) is 0. The molecule has 4 rings (SSSR count). The van der Waals surface area contributed by atoms with Crippen molar-refractivity contribution < 1.29 is 4.42 Å². The Hall–Kier alpha value is -1.88. The van der Waals surface area contributed by atoms with Crippen molar-refractivity contribution in [2.75, 3.05) is 24.5 Å². The summed E-state index contributed by atoms with van der Waals surface area (Å²) in [7, 11) is 0. The minimum Gasteiger partial charge on any atom is -0.444 e. The molecule has 0 N–H and O–H groups in total. The number of anilines is 1. The first kappa shape index (κ1) is 17.5. The molecule has 2 aliphatic rings. The highest BCUT2D eigenvalue weighted by Crippen LogP contribution is 2.26. The molecular formula is C21H30N4O. The lowest BCUT2D eigenvalue weighted by Gasteiger charge is -2.30. The van der Waals surface area contributed by atoms with Gasteiger partial charge in [0.2, 0.25) is 0 Å². The zero-order chi connectivity index (χ0) is 18.1. The average molecular weight is 354 g/mol. The third-order valence-electron chi connectivity index (χ3n) is 5.67. The zero-order valence-electron chi connectivity index (χ0n) is 16.2. The van der Waals surface area contributed by atoms with Gasteiger partial charge in [-0.2, -0.15) is 0 Å². The normalized spacial score (nSPS) is 19.2. The Labute approximate surface area is 156 Å². The van der Waals surface area contributed by atoms with Gasteiger partial charge >= 0.3 is 0 Å². The molecule has 0 bridgehead atoms. The third-order valence-corrected chi connectivity index (χ3v) is 5.67. The first-order valence-electron chi connectivity index (χ1n) is 9.99. The fourth-order valence-corrected chi connectivity index (χ4v) is 3.87. The Bertz CT molecular complexity index is 746. The molecule has 2 aliphatic heterocycles. The molecule has 1 saturated heterocycles. The standard InChI is InChI=1S/C21H30N4O/c1-15(2)21-22-12-17-13-24(9-8-19(17)23-21)14-18-4-5-20(26-18)25-10-6-16(3)7-11-25/h4-5,12,15-16H,6-11,13-14H2,1-3H3. The first-order valence-corrected chi connectivity index (χ1v) is 9.99. The van der Waals surface area contributed by atoms with E-state index in [1.807, 2.05) is 6.20 Å². The van der Waals surface area contributed by atoms with Crippen LogP contribution in [-0.4, -0.2) is 34.5 Å². The summed E-state index contributed by atoms with van der Waals surface area (Å²) in [6.07, 6.45) is 5.54. The van der Waals surface area contributed by atoms with Crippen LogP contribution in [0.5, 0.6) is 0 Å². The van der Waals surface area contributed by atoms with Crippen molar-refractivity contribution in [3.63, 3.8) is 0 Å². The smallest absolute Gasteiger partial charge is 0.195 e. The second-order valence-electron chi connectivity index (χ2n) is 8.23. The lowest BCUT2D eigenvalue weighted by Crippen LogP contribution is -2.32. The highest BCUT2D eigenvalue weighted by molar-refractivity contribution is 5.37. The van der Waals surface area contributed by atoms with Gasteiger partial charge in [-0.15, -0.1) is 0 Å². The lowest BCUT2D eigenvalue weighted by molar-refractivity contribution is 0.223. The molecule has 26 heavy (non-hydrogen) atoms. The van der Waals surface area contributed by atoms with Crippen molar-refractivity contribution in [3.8, 4) is 0 Å². The van der Waals surface area contributed by atoms with Gasteiger partial charge in [-0.1, -0.05) is 20.8 Å². The molecule has 0 amide bonds. The second kappa shape index (κ2) is 7.39. The Kier molecular flexibility index (Phi) is 4.98. The number of rotatable bonds is 4. The predicted octanol–water partition coefficient (Wildman–Crippen LogP) is 3.99. The number of piperidine rings is 1. The van der Waals surface area contributed by atoms with E-state index in [4.69, 9.17) is 9.40 Å². The van der Waals surface area contributed by atoms with E-state index in [1.165, 1.54) is 24.1 Å². The second-order valence-corrected chi connectivity index (χ2v) is 8.23. The fourth-order valence-electron chi connectivity index (χ4n) is 3.87. The van der Waals surface area contributed by atoms with E-state index in [2.05, 4.69) is 47.7 Å². The van der Waals surface area contributed by atoms with E-state index in [9.17, 15) is 0 Å². The zero-order valence-corrected chi connectivity index (χ0v) is 16.2. The Morgan fingerprint density at radius 1 is 1.19 bits per heavy atom. The summed E-state index contributed by atoms with van der Waals surface area (Å²) in [6.45, 7) is 11.6. The monoisotopic (exact) mass is 354 g/mol. The topological polar surface area (TPSA) is 45.4 Å². The highest BCUT2D eigenvalue weighted by Gasteiger charge is 2.22. The van der Waals surface area contributed by atoms with E-state index in [1.54, 1.807) is 0 Å². The molecule has 2 aromatic heterocycles. The van der Waals surface area contributed by atoms with Gasteiger partial charge in [-0.25, -0.2) is 9.97 Å². The number of aromatic nitrogens is 2. The van der Waals surface area contributed by atoms with Crippen molar-refractivity contribution in [2.45, 2.75) is 59.0 Å². The minimum atomic E-state index is 0.387. The van der Waals surface area contributed by atoms with Gasteiger partial charge < -0.3 is 9.32 Å². The molecule has 0 aromatic carbocycles. The lowest BCUT2D eigenvalue weighted by atomic mass is 9.99. The number of furan rings is 1. The van der Waals surface area contributed by atoms with Gasteiger partial charge in [0.1, 0.15) is 11.6 Å². The van der Waals surface area contributed by atoms with Crippen molar-refractivity contribution >= 4 is 5.88 Å². The maximum atomic E-state index is 6.15. The number of fused-ring (bicyclic) bond motifs is 1. The van der Waals surface area contributed by atoms with Gasteiger partial charge in [0.15, 0.2) is 5.88 Å². The number of hydrogen-bond acceptors (Lipinski definition) is 5. The molecular weight excluding hydrogens is 324 g/mol. The SMILES string of the molecule is CC1CCN(c2ccc(CN3CCc4nc(C(C)C)ncc4C3)o2)CC1. The summed E-state index contributed by atoms with van der Waals surface area (Å²) in [5.74, 6) is 4.28. The molecule has 0 atom stereocenters. The van der Waals surface area contributed by atoms with Crippen molar-refractivity contribution in [3.05, 3.63) is 41.2 Å². The van der Waals surface area contributed by atoms with Crippen LogP contribution in [0.2, 0.25) is 0 Å². The van der Waals surface area contributed by atoms with Crippen molar-refractivity contribution in [1.82, 2.24) is 14.9 Å². The van der Waals surface area contributed by atoms with Crippen LogP contribution in [0.3, 0.4) is 0 Å². The molecule has 2 aromatic rings. The van der Waals surface area contributed by atoms with E-state index in [-0.39, 0.29) is 0 Å². The van der Waals surface area contributed by atoms with Crippen LogP contribution in [0.1, 0.15) is 62.4 Å². The van der Waals surface area contributed by atoms with E-state index in [0.717, 1.165) is 62.5 Å². The van der Waals surface area contributed by atoms with Gasteiger partial charge in [-0.05, 0) is 24.8 Å². The number of nitrogens with zero attached hydrogens (tertiary/aromatic N) is 4. The van der Waals surface area contributed by atoms with Gasteiger partial charge in [0.05, 0.1) is 6.54 Å². The molecule has 0 spiro atoms. The third kappa shape index (κ3) is 3.78. The number of hydrogen-bond donors (Lipinski definition) is 0. The van der Waals surface area contributed by atoms with Crippen LogP contribution < -0.4 is 4.90 Å². The van der Waals surface area contributed by atoms with Crippen LogP contribution in [0, 0.1) is 5.92 Å². The Balaban J connectivity index is 1.38. The molecule has 1 fully saturated rings. The maximum Gasteiger partial charge on any atom is 0.195 e. The van der Waals surface area contributed by atoms with E-state index in [0.29, 0.717) is 5.92 Å². The van der Waals surface area contributed by atoms with Crippen LogP contribution >= 0.6 is 0 Å². The molecule has 5 nitrogen and oxygen atoms in total. The predicted molar refractivity (Wildman–Crippen MR) is 103 cm³/mol. The fraction of sp³-hybridized carbons (Fsp3) is 0.619. The molecule has 140 valence electrons. The van der Waals surface area contributed by atoms with Crippen LogP contribution in [0.4, 0.5) is 5.88 Å². The average Bonchev–Trinajstić information content (AvgIpc) is 3.10. The van der Waals surface area contributed by atoms with E-state index < -0.39 is 0 Å². The van der Waals surface area contributed by atoms with Crippen molar-refractivity contribution in [1.29, 1.82) is 0 Å². The van der Waals surface area contributed by atoms with Crippen LogP contribution in [-0.2, 0) is 19.5 Å². The summed E-state index contributed by atoms with van der Waals surface area (Å²) >= 11 is 0. The van der Waals surface area contributed by atoms with Gasteiger partial charge in [-0.3, -0.25) is 4.90 Å². The van der Waals surface area contributed by atoms with Gasteiger partial charge in [0, 0.05) is 62.0 Å². The first-order chi connectivity index (χ1) is 12.6.